The molecular formula is C27H24F5NO6S. The molecule has 0 fully saturated rings. The highest BCUT2D eigenvalue weighted by molar-refractivity contribution is 7.92. The van der Waals surface area contributed by atoms with Gasteiger partial charge in [-0.1, -0.05) is 12.1 Å². The molecule has 0 spiro atoms. The first-order chi connectivity index (χ1) is 18.5. The number of anilines is 1. The summed E-state index contributed by atoms with van der Waals surface area (Å²) in [7, 11) is -3.54. The zero-order valence-electron chi connectivity index (χ0n) is 21.4. The SMILES string of the molecule is COc1cc(F)cc(-c2ccc3c(c2)N(S(=O)(=O)c2cccc(C(F)(F)F)c2)CC(CC(C)(C)C(=O)O)O3)c1F. The third-order valence-electron chi connectivity index (χ3n) is 6.49. The van der Waals surface area contributed by atoms with Crippen LogP contribution in [0.25, 0.3) is 11.1 Å². The molecule has 0 aliphatic carbocycles. The number of hydrogen-bond acceptors (Lipinski definition) is 5. The predicted molar refractivity (Wildman–Crippen MR) is 135 cm³/mol. The van der Waals surface area contributed by atoms with Gasteiger partial charge in [-0.3, -0.25) is 9.10 Å². The summed E-state index contributed by atoms with van der Waals surface area (Å²) in [6.45, 7) is 2.38. The van der Waals surface area contributed by atoms with Crippen LogP contribution in [0.15, 0.2) is 59.5 Å². The van der Waals surface area contributed by atoms with E-state index < -0.39 is 68.1 Å². The van der Waals surface area contributed by atoms with Gasteiger partial charge in [-0.25, -0.2) is 17.2 Å². The second kappa shape index (κ2) is 10.3. The average molecular weight is 586 g/mol. The number of carboxylic acids is 1. The number of ether oxygens (including phenoxy) is 2. The molecule has 1 unspecified atom stereocenters. The molecule has 3 aromatic carbocycles. The Morgan fingerprint density at radius 3 is 2.42 bits per heavy atom. The summed E-state index contributed by atoms with van der Waals surface area (Å²) < 4.78 is 108. The van der Waals surface area contributed by atoms with Gasteiger partial charge in [-0.15, -0.1) is 0 Å². The highest BCUT2D eigenvalue weighted by Crippen LogP contribution is 2.43. The van der Waals surface area contributed by atoms with Crippen LogP contribution in [-0.4, -0.2) is 39.3 Å². The molecule has 0 amide bonds. The van der Waals surface area contributed by atoms with Gasteiger partial charge in [0.05, 0.1) is 35.2 Å². The standard InChI is InChI=1S/C27H24F5NO6S/c1-26(2,25(34)35)13-18-14-33(40(36,37)19-6-4-5-16(10-19)27(30,31)32)21-9-15(7-8-22(21)39-18)20-11-17(28)12-23(38-3)24(20)29/h4-12,18H,13-14H2,1-3H3,(H,34,35). The highest BCUT2D eigenvalue weighted by atomic mass is 32.2. The summed E-state index contributed by atoms with van der Waals surface area (Å²) in [5, 5.41) is 9.56. The molecule has 4 rings (SSSR count). The van der Waals surface area contributed by atoms with Crippen molar-refractivity contribution in [3.8, 4) is 22.6 Å². The Bertz CT molecular complexity index is 1570. The largest absolute Gasteiger partial charge is 0.494 e. The lowest BCUT2D eigenvalue weighted by molar-refractivity contribution is -0.148. The van der Waals surface area contributed by atoms with Crippen molar-refractivity contribution >= 4 is 21.7 Å². The maximum Gasteiger partial charge on any atom is 0.416 e. The molecule has 7 nitrogen and oxygen atoms in total. The third-order valence-corrected chi connectivity index (χ3v) is 8.27. The fourth-order valence-electron chi connectivity index (χ4n) is 4.35. The molecule has 0 saturated carbocycles. The molecule has 3 aromatic rings. The van der Waals surface area contributed by atoms with Gasteiger partial charge in [-0.2, -0.15) is 13.2 Å². The van der Waals surface area contributed by atoms with Crippen molar-refractivity contribution in [2.75, 3.05) is 18.0 Å². The molecule has 1 atom stereocenters. The van der Waals surface area contributed by atoms with E-state index in [4.69, 9.17) is 9.47 Å². The first kappa shape index (κ1) is 29.1. The highest BCUT2D eigenvalue weighted by Gasteiger charge is 2.40. The minimum Gasteiger partial charge on any atom is -0.494 e. The summed E-state index contributed by atoms with van der Waals surface area (Å²) in [5.74, 6) is -3.35. The summed E-state index contributed by atoms with van der Waals surface area (Å²) >= 11 is 0. The lowest BCUT2D eigenvalue weighted by Crippen LogP contribution is -2.46. The number of nitrogens with zero attached hydrogens (tertiary/aromatic N) is 1. The molecule has 0 bridgehead atoms. The first-order valence-electron chi connectivity index (χ1n) is 11.8. The zero-order chi connectivity index (χ0) is 29.6. The fourth-order valence-corrected chi connectivity index (χ4v) is 5.90. The molecule has 40 heavy (non-hydrogen) atoms. The molecule has 1 N–H and O–H groups in total. The molecule has 1 heterocycles. The summed E-state index contributed by atoms with van der Waals surface area (Å²) in [6, 6.07) is 8.73. The molecule has 214 valence electrons. The molecule has 0 radical (unpaired) electrons. The number of rotatable bonds is 7. The van der Waals surface area contributed by atoms with Gasteiger partial charge in [0.25, 0.3) is 10.0 Å². The molecule has 1 aliphatic heterocycles. The zero-order valence-corrected chi connectivity index (χ0v) is 22.2. The number of carboxylic acid groups (broad SMARTS) is 1. The minimum atomic E-state index is -4.82. The van der Waals surface area contributed by atoms with Crippen LogP contribution in [0.2, 0.25) is 0 Å². The fraction of sp³-hybridized carbons (Fsp3) is 0.296. The van der Waals surface area contributed by atoms with E-state index in [9.17, 15) is 35.9 Å². The van der Waals surface area contributed by atoms with E-state index in [0.29, 0.717) is 6.07 Å². The van der Waals surface area contributed by atoms with E-state index in [0.717, 1.165) is 41.7 Å². The Labute approximate surface area is 226 Å². The number of fused-ring (bicyclic) bond motifs is 1. The smallest absolute Gasteiger partial charge is 0.416 e. The lowest BCUT2D eigenvalue weighted by atomic mass is 9.86. The van der Waals surface area contributed by atoms with Gasteiger partial charge in [0.2, 0.25) is 0 Å². The second-order valence-electron chi connectivity index (χ2n) is 9.85. The minimum absolute atomic E-state index is 0.0335. The van der Waals surface area contributed by atoms with Gasteiger partial charge in [0.15, 0.2) is 11.6 Å². The van der Waals surface area contributed by atoms with E-state index in [1.54, 1.807) is 0 Å². The number of benzene rings is 3. The Morgan fingerprint density at radius 2 is 1.80 bits per heavy atom. The Morgan fingerprint density at radius 1 is 1.10 bits per heavy atom. The predicted octanol–water partition coefficient (Wildman–Crippen LogP) is 6.12. The number of hydrogen-bond donors (Lipinski definition) is 1. The van der Waals surface area contributed by atoms with Crippen molar-refractivity contribution in [1.82, 2.24) is 0 Å². The Balaban J connectivity index is 1.88. The second-order valence-corrected chi connectivity index (χ2v) is 11.7. The number of aliphatic carboxylic acids is 1. The number of sulfonamides is 1. The molecular weight excluding hydrogens is 561 g/mol. The van der Waals surface area contributed by atoms with E-state index >= 15 is 4.39 Å². The maximum absolute atomic E-state index is 15.0. The maximum atomic E-state index is 15.0. The van der Waals surface area contributed by atoms with Crippen LogP contribution < -0.4 is 13.8 Å². The number of halogens is 5. The first-order valence-corrected chi connectivity index (χ1v) is 13.3. The summed E-state index contributed by atoms with van der Waals surface area (Å²) in [5.41, 5.74) is -2.90. The van der Waals surface area contributed by atoms with E-state index in [1.807, 2.05) is 0 Å². The van der Waals surface area contributed by atoms with Crippen molar-refractivity contribution in [2.45, 2.75) is 37.4 Å². The van der Waals surface area contributed by atoms with Crippen molar-refractivity contribution in [2.24, 2.45) is 5.41 Å². The molecule has 13 heteroatoms. The van der Waals surface area contributed by atoms with Crippen LogP contribution in [0.3, 0.4) is 0 Å². The van der Waals surface area contributed by atoms with Crippen LogP contribution in [0.4, 0.5) is 27.6 Å². The summed E-state index contributed by atoms with van der Waals surface area (Å²) in [6.07, 6.45) is -5.96. The van der Waals surface area contributed by atoms with E-state index in [1.165, 1.54) is 32.0 Å². The van der Waals surface area contributed by atoms with Crippen LogP contribution in [0, 0.1) is 17.0 Å². The van der Waals surface area contributed by atoms with Crippen LogP contribution >= 0.6 is 0 Å². The van der Waals surface area contributed by atoms with Crippen molar-refractivity contribution in [3.05, 3.63) is 71.8 Å². The van der Waals surface area contributed by atoms with Gasteiger partial charge in [0, 0.05) is 18.1 Å². The quantitative estimate of drug-likeness (QED) is 0.336. The third kappa shape index (κ3) is 5.55. The topological polar surface area (TPSA) is 93.1 Å². The molecule has 1 aliphatic rings. The van der Waals surface area contributed by atoms with Crippen molar-refractivity contribution < 1.29 is 49.7 Å². The molecule has 0 saturated heterocycles. The number of alkyl halides is 3. The van der Waals surface area contributed by atoms with Crippen LogP contribution in [0.1, 0.15) is 25.8 Å². The number of methoxy groups -OCH3 is 1. The normalized spacial score (nSPS) is 15.8. The summed E-state index contributed by atoms with van der Waals surface area (Å²) in [4.78, 5) is 11.0. The monoisotopic (exact) mass is 585 g/mol. The number of carbonyl (C=O) groups is 1. The van der Waals surface area contributed by atoms with Crippen molar-refractivity contribution in [3.63, 3.8) is 0 Å². The van der Waals surface area contributed by atoms with Gasteiger partial charge < -0.3 is 14.6 Å². The van der Waals surface area contributed by atoms with Gasteiger partial charge in [0.1, 0.15) is 17.7 Å². The Kier molecular flexibility index (Phi) is 7.48. The average Bonchev–Trinajstić information content (AvgIpc) is 2.88. The van der Waals surface area contributed by atoms with Gasteiger partial charge in [-0.05, 0) is 55.8 Å². The molecule has 0 aromatic heterocycles. The van der Waals surface area contributed by atoms with Crippen LogP contribution in [0.5, 0.6) is 11.5 Å². The van der Waals surface area contributed by atoms with E-state index in [2.05, 4.69) is 0 Å². The van der Waals surface area contributed by atoms with Crippen molar-refractivity contribution in [1.29, 1.82) is 0 Å². The Hall–Kier alpha value is -3.87. The lowest BCUT2D eigenvalue weighted by Gasteiger charge is -2.38. The van der Waals surface area contributed by atoms with Gasteiger partial charge >= 0.3 is 12.1 Å². The van der Waals surface area contributed by atoms with E-state index in [-0.39, 0.29) is 29.0 Å². The van der Waals surface area contributed by atoms with Crippen LogP contribution in [-0.2, 0) is 21.0 Å².